The van der Waals surface area contributed by atoms with Crippen molar-refractivity contribution in [2.45, 2.75) is 0 Å². The first kappa shape index (κ1) is 17.8. The third-order valence-electron chi connectivity index (χ3n) is 4.49. The van der Waals surface area contributed by atoms with Crippen molar-refractivity contribution >= 4 is 45.7 Å². The van der Waals surface area contributed by atoms with Crippen LogP contribution in [0.4, 0.5) is 5.88 Å². The van der Waals surface area contributed by atoms with Gasteiger partial charge in [-0.3, -0.25) is 14.9 Å². The molecule has 0 fully saturated rings. The molecule has 1 N–H and O–H groups in total. The first-order valence-electron chi connectivity index (χ1n) is 8.61. The average molecular weight is 426 g/mol. The van der Waals surface area contributed by atoms with Crippen LogP contribution >= 0.6 is 22.9 Å². The number of benzene rings is 2. The first-order chi connectivity index (χ1) is 14.1. The summed E-state index contributed by atoms with van der Waals surface area (Å²) in [5.74, 6) is 0.801. The van der Waals surface area contributed by atoms with Gasteiger partial charge in [-0.1, -0.05) is 23.7 Å². The van der Waals surface area contributed by atoms with E-state index >= 15 is 0 Å². The minimum atomic E-state index is -0.363. The highest BCUT2D eigenvalue weighted by molar-refractivity contribution is 7.12. The number of rotatable bonds is 3. The highest BCUT2D eigenvalue weighted by atomic mass is 35.5. The van der Waals surface area contributed by atoms with Gasteiger partial charge in [0.05, 0.1) is 15.8 Å². The van der Waals surface area contributed by atoms with Crippen LogP contribution in [-0.2, 0) is 0 Å². The lowest BCUT2D eigenvalue weighted by molar-refractivity contribution is 0.102. The van der Waals surface area contributed by atoms with Crippen molar-refractivity contribution in [2.24, 2.45) is 0 Å². The van der Waals surface area contributed by atoms with E-state index in [0.717, 1.165) is 0 Å². The van der Waals surface area contributed by atoms with Gasteiger partial charge >= 0.3 is 0 Å². The number of amides is 1. The van der Waals surface area contributed by atoms with E-state index in [1.54, 1.807) is 53.9 Å². The zero-order valence-electron chi connectivity index (χ0n) is 14.7. The number of nitrogens with one attached hydrogen (secondary N) is 1. The predicted molar refractivity (Wildman–Crippen MR) is 111 cm³/mol. The SMILES string of the molecule is O=C(Nc1oc2ccc(Cl)cc2c(=O)c1-c1ccc2c(c1)OCO2)c1cccs1. The Balaban J connectivity index is 1.72. The highest BCUT2D eigenvalue weighted by Crippen LogP contribution is 2.38. The third-order valence-corrected chi connectivity index (χ3v) is 5.59. The van der Waals surface area contributed by atoms with Crippen LogP contribution in [0.1, 0.15) is 9.67 Å². The van der Waals surface area contributed by atoms with E-state index in [1.165, 1.54) is 11.3 Å². The van der Waals surface area contributed by atoms with Gasteiger partial charge in [0.1, 0.15) is 5.58 Å². The normalized spacial score (nSPS) is 12.3. The molecule has 0 spiro atoms. The van der Waals surface area contributed by atoms with Crippen LogP contribution in [0.3, 0.4) is 0 Å². The predicted octanol–water partition coefficient (Wildman–Crippen LogP) is 5.16. The standard InChI is InChI=1S/C21H12ClNO5S/c22-12-4-6-14-13(9-12)19(24)18(11-3-5-15-16(8-11)27-10-26-15)21(28-14)23-20(25)17-2-1-7-29-17/h1-9H,10H2,(H,23,25). The number of carbonyl (C=O) groups is 1. The summed E-state index contributed by atoms with van der Waals surface area (Å²) < 4.78 is 16.7. The maximum Gasteiger partial charge on any atom is 0.268 e. The highest BCUT2D eigenvalue weighted by Gasteiger charge is 2.22. The van der Waals surface area contributed by atoms with Gasteiger partial charge in [-0.2, -0.15) is 0 Å². The van der Waals surface area contributed by atoms with Crippen molar-refractivity contribution in [3.8, 4) is 22.6 Å². The molecule has 1 aliphatic heterocycles. The van der Waals surface area contributed by atoms with Gasteiger partial charge in [-0.05, 0) is 47.3 Å². The van der Waals surface area contributed by atoms with Crippen molar-refractivity contribution in [2.75, 3.05) is 12.1 Å². The number of anilines is 1. The molecule has 8 heteroatoms. The molecule has 4 aromatic rings. The largest absolute Gasteiger partial charge is 0.454 e. The van der Waals surface area contributed by atoms with Crippen LogP contribution in [-0.4, -0.2) is 12.7 Å². The average Bonchev–Trinajstić information content (AvgIpc) is 3.40. The van der Waals surface area contributed by atoms with Gasteiger partial charge in [0.15, 0.2) is 11.5 Å². The summed E-state index contributed by atoms with van der Waals surface area (Å²) in [5.41, 5.74) is 0.758. The zero-order chi connectivity index (χ0) is 20.0. The first-order valence-corrected chi connectivity index (χ1v) is 9.87. The second-order valence-corrected chi connectivity index (χ2v) is 7.66. The Morgan fingerprint density at radius 1 is 1.07 bits per heavy atom. The molecule has 0 unspecified atom stereocenters. The molecule has 0 radical (unpaired) electrons. The maximum atomic E-state index is 13.3. The molecule has 0 saturated carbocycles. The van der Waals surface area contributed by atoms with E-state index in [-0.39, 0.29) is 29.6 Å². The summed E-state index contributed by atoms with van der Waals surface area (Å²) in [6.45, 7) is 0.114. The Bertz CT molecular complexity index is 1310. The fourth-order valence-electron chi connectivity index (χ4n) is 3.14. The molecular weight excluding hydrogens is 414 g/mol. The van der Waals surface area contributed by atoms with E-state index < -0.39 is 0 Å². The minimum Gasteiger partial charge on any atom is -0.454 e. The van der Waals surface area contributed by atoms with Crippen LogP contribution in [0.25, 0.3) is 22.1 Å². The Labute approximate surface area is 173 Å². The summed E-state index contributed by atoms with van der Waals surface area (Å²) in [6.07, 6.45) is 0. The maximum absolute atomic E-state index is 13.3. The van der Waals surface area contributed by atoms with Crippen molar-refractivity contribution in [3.05, 3.63) is 74.0 Å². The minimum absolute atomic E-state index is 0.0575. The Morgan fingerprint density at radius 3 is 2.76 bits per heavy atom. The number of fused-ring (bicyclic) bond motifs is 2. The molecule has 1 aliphatic rings. The van der Waals surface area contributed by atoms with Gasteiger partial charge in [0.2, 0.25) is 18.1 Å². The van der Waals surface area contributed by atoms with Crippen LogP contribution in [0.2, 0.25) is 5.02 Å². The summed E-state index contributed by atoms with van der Waals surface area (Å²) in [6, 6.07) is 13.4. The monoisotopic (exact) mass is 425 g/mol. The number of halogens is 1. The lowest BCUT2D eigenvalue weighted by Gasteiger charge is -2.11. The molecule has 0 saturated heterocycles. The summed E-state index contributed by atoms with van der Waals surface area (Å²) in [5, 5.41) is 5.26. The van der Waals surface area contributed by atoms with Crippen LogP contribution in [0.15, 0.2) is 63.1 Å². The number of ether oxygens (including phenoxy) is 2. The van der Waals surface area contributed by atoms with Crippen molar-refractivity contribution in [1.29, 1.82) is 0 Å². The fourth-order valence-corrected chi connectivity index (χ4v) is 3.93. The van der Waals surface area contributed by atoms with Crippen LogP contribution < -0.4 is 20.2 Å². The third kappa shape index (κ3) is 3.14. The lowest BCUT2D eigenvalue weighted by atomic mass is 10.0. The zero-order valence-corrected chi connectivity index (χ0v) is 16.3. The molecular formula is C21H12ClNO5S. The van der Waals surface area contributed by atoms with Crippen molar-refractivity contribution in [1.82, 2.24) is 0 Å². The molecule has 1 amide bonds. The quantitative estimate of drug-likeness (QED) is 0.490. The van der Waals surface area contributed by atoms with E-state index in [0.29, 0.717) is 37.9 Å². The van der Waals surface area contributed by atoms with Gasteiger partial charge in [0.25, 0.3) is 5.91 Å². The Hall–Kier alpha value is -3.29. The van der Waals surface area contributed by atoms with E-state index in [2.05, 4.69) is 5.32 Å². The fraction of sp³-hybridized carbons (Fsp3) is 0.0476. The van der Waals surface area contributed by atoms with Gasteiger partial charge in [0, 0.05) is 5.02 Å². The molecule has 3 heterocycles. The number of thiophene rings is 1. The van der Waals surface area contributed by atoms with Crippen LogP contribution in [0, 0.1) is 0 Å². The number of carbonyl (C=O) groups excluding carboxylic acids is 1. The van der Waals surface area contributed by atoms with Crippen molar-refractivity contribution in [3.63, 3.8) is 0 Å². The molecule has 144 valence electrons. The summed E-state index contributed by atoms with van der Waals surface area (Å²) >= 11 is 7.36. The molecule has 2 aromatic heterocycles. The molecule has 0 bridgehead atoms. The Morgan fingerprint density at radius 2 is 1.93 bits per heavy atom. The molecule has 29 heavy (non-hydrogen) atoms. The van der Waals surface area contributed by atoms with E-state index in [9.17, 15) is 9.59 Å². The number of hydrogen-bond acceptors (Lipinski definition) is 6. The van der Waals surface area contributed by atoms with Crippen LogP contribution in [0.5, 0.6) is 11.5 Å². The van der Waals surface area contributed by atoms with E-state index in [1.807, 2.05) is 0 Å². The summed E-state index contributed by atoms with van der Waals surface area (Å²) in [4.78, 5) is 26.5. The van der Waals surface area contributed by atoms with E-state index in [4.69, 9.17) is 25.5 Å². The molecule has 6 nitrogen and oxygen atoms in total. The Kier molecular flexibility index (Phi) is 4.26. The van der Waals surface area contributed by atoms with Crippen molar-refractivity contribution < 1.29 is 18.7 Å². The second-order valence-electron chi connectivity index (χ2n) is 6.28. The smallest absolute Gasteiger partial charge is 0.268 e. The molecule has 2 aromatic carbocycles. The molecule has 0 atom stereocenters. The second kappa shape index (κ2) is 6.95. The number of hydrogen-bond donors (Lipinski definition) is 1. The topological polar surface area (TPSA) is 77.8 Å². The van der Waals surface area contributed by atoms with Gasteiger partial charge < -0.3 is 13.9 Å². The molecule has 0 aliphatic carbocycles. The summed E-state index contributed by atoms with van der Waals surface area (Å²) in [7, 11) is 0. The lowest BCUT2D eigenvalue weighted by Crippen LogP contribution is -2.15. The van der Waals surface area contributed by atoms with Gasteiger partial charge in [-0.15, -0.1) is 11.3 Å². The molecule has 5 rings (SSSR count). The van der Waals surface area contributed by atoms with Gasteiger partial charge in [-0.25, -0.2) is 0 Å².